The van der Waals surface area contributed by atoms with Gasteiger partial charge >= 0.3 is 0 Å². The first-order chi connectivity index (χ1) is 14.3. The van der Waals surface area contributed by atoms with Crippen LogP contribution >= 0.6 is 0 Å². The maximum atomic E-state index is 13.6. The average molecular weight is 421 g/mol. The van der Waals surface area contributed by atoms with E-state index >= 15 is 0 Å². The zero-order valence-corrected chi connectivity index (χ0v) is 18.4. The third-order valence-electron chi connectivity index (χ3n) is 5.71. The summed E-state index contributed by atoms with van der Waals surface area (Å²) in [4.78, 5) is 20.2. The first-order valence-corrected chi connectivity index (χ1v) is 12.3. The van der Waals surface area contributed by atoms with Gasteiger partial charge in [0.05, 0.1) is 11.4 Å². The average Bonchev–Trinajstić information content (AvgIpc) is 2.72. The van der Waals surface area contributed by atoms with Crippen molar-refractivity contribution in [1.29, 1.82) is 0 Å². The highest BCUT2D eigenvalue weighted by molar-refractivity contribution is 7.99. The molecule has 2 heterocycles. The summed E-state index contributed by atoms with van der Waals surface area (Å²) in [5.74, 6) is 5.20. The van der Waals surface area contributed by atoms with Crippen LogP contribution in [0.2, 0.25) is 0 Å². The third kappa shape index (κ3) is 4.26. The SMILES string of the molecule is C=S(=O)(Cc1cccc(C(=O)N2CC(C)CC(C)C2)n1)c1cccc2ccccc12. The molecule has 0 bridgehead atoms. The Labute approximate surface area is 179 Å². The van der Waals surface area contributed by atoms with E-state index in [1.807, 2.05) is 59.5 Å². The largest absolute Gasteiger partial charge is 0.337 e. The maximum absolute atomic E-state index is 13.6. The standard InChI is InChI=1S/C25H28N2O2S/c1-18-14-19(2)16-27(15-18)25(28)23-12-7-10-21(26-23)17-30(3,29)24-13-6-9-20-8-4-5-11-22(20)24/h4-13,18-19H,3,14-17H2,1-2H3. The van der Waals surface area contributed by atoms with Crippen LogP contribution in [0.4, 0.5) is 0 Å². The van der Waals surface area contributed by atoms with Crippen LogP contribution in [0.5, 0.6) is 0 Å². The zero-order chi connectivity index (χ0) is 21.3. The van der Waals surface area contributed by atoms with Gasteiger partial charge in [0.25, 0.3) is 5.91 Å². The topological polar surface area (TPSA) is 50.3 Å². The van der Waals surface area contributed by atoms with Crippen LogP contribution in [0.1, 0.15) is 36.5 Å². The van der Waals surface area contributed by atoms with Gasteiger partial charge in [0, 0.05) is 27.5 Å². The fraction of sp³-hybridized carbons (Fsp3) is 0.320. The smallest absolute Gasteiger partial charge is 0.272 e. The van der Waals surface area contributed by atoms with Crippen molar-refractivity contribution in [3.8, 4) is 0 Å². The number of pyridine rings is 1. The monoisotopic (exact) mass is 420 g/mol. The van der Waals surface area contributed by atoms with Crippen LogP contribution in [0.25, 0.3) is 10.8 Å². The highest BCUT2D eigenvalue weighted by Gasteiger charge is 2.27. The van der Waals surface area contributed by atoms with E-state index in [0.717, 1.165) is 35.2 Å². The molecule has 1 aliphatic heterocycles. The van der Waals surface area contributed by atoms with E-state index in [0.29, 0.717) is 23.2 Å². The number of likely N-dealkylation sites (tertiary alicyclic amines) is 1. The van der Waals surface area contributed by atoms with E-state index in [1.165, 1.54) is 0 Å². The predicted molar refractivity (Wildman–Crippen MR) is 124 cm³/mol. The van der Waals surface area contributed by atoms with Gasteiger partial charge in [-0.2, -0.15) is 0 Å². The van der Waals surface area contributed by atoms with Crippen molar-refractivity contribution < 1.29 is 9.00 Å². The van der Waals surface area contributed by atoms with Gasteiger partial charge in [0.1, 0.15) is 5.69 Å². The Morgan fingerprint density at radius 3 is 2.47 bits per heavy atom. The van der Waals surface area contributed by atoms with Gasteiger partial charge in [-0.05, 0) is 53.1 Å². The minimum atomic E-state index is -2.61. The van der Waals surface area contributed by atoms with Gasteiger partial charge in [-0.3, -0.25) is 9.00 Å². The first kappa shape index (κ1) is 20.6. The van der Waals surface area contributed by atoms with Crippen LogP contribution in [0, 0.1) is 11.8 Å². The fourth-order valence-corrected chi connectivity index (χ4v) is 6.21. The third-order valence-corrected chi connectivity index (χ3v) is 7.63. The summed E-state index contributed by atoms with van der Waals surface area (Å²) >= 11 is 0. The van der Waals surface area contributed by atoms with E-state index < -0.39 is 9.52 Å². The van der Waals surface area contributed by atoms with Gasteiger partial charge in [0.2, 0.25) is 0 Å². The second kappa shape index (κ2) is 8.23. The maximum Gasteiger partial charge on any atom is 0.272 e. The van der Waals surface area contributed by atoms with Crippen molar-refractivity contribution in [2.45, 2.75) is 30.9 Å². The van der Waals surface area contributed by atoms with E-state index in [9.17, 15) is 9.00 Å². The normalized spacial score (nSPS) is 21.3. The lowest BCUT2D eigenvalue weighted by Gasteiger charge is -2.34. The molecule has 5 heteroatoms. The number of piperidine rings is 1. The number of fused-ring (bicyclic) bond motifs is 1. The summed E-state index contributed by atoms with van der Waals surface area (Å²) < 4.78 is 13.6. The lowest BCUT2D eigenvalue weighted by molar-refractivity contribution is 0.0617. The molecule has 1 aliphatic rings. The molecule has 4 nitrogen and oxygen atoms in total. The fourth-order valence-electron chi connectivity index (χ4n) is 4.51. The Kier molecular flexibility index (Phi) is 5.65. The van der Waals surface area contributed by atoms with E-state index in [1.54, 1.807) is 6.07 Å². The van der Waals surface area contributed by atoms with Crippen LogP contribution in [-0.4, -0.2) is 39.0 Å². The molecule has 1 fully saturated rings. The van der Waals surface area contributed by atoms with Gasteiger partial charge in [0.15, 0.2) is 0 Å². The van der Waals surface area contributed by atoms with Crippen LogP contribution < -0.4 is 0 Å². The predicted octanol–water partition coefficient (Wildman–Crippen LogP) is 4.63. The molecule has 0 aliphatic carbocycles. The molecule has 0 radical (unpaired) electrons. The van der Waals surface area contributed by atoms with Gasteiger partial charge in [-0.15, -0.1) is 0 Å². The van der Waals surface area contributed by atoms with E-state index in [2.05, 4.69) is 24.7 Å². The molecule has 0 N–H and O–H groups in total. The van der Waals surface area contributed by atoms with Crippen molar-refractivity contribution >= 4 is 32.1 Å². The number of carbonyl (C=O) groups excluding carboxylic acids is 1. The first-order valence-electron chi connectivity index (χ1n) is 10.4. The van der Waals surface area contributed by atoms with Crippen molar-refractivity contribution in [2.75, 3.05) is 13.1 Å². The Balaban J connectivity index is 1.60. The van der Waals surface area contributed by atoms with E-state index in [-0.39, 0.29) is 11.7 Å². The Morgan fingerprint density at radius 2 is 1.70 bits per heavy atom. The molecule has 2 aromatic carbocycles. The zero-order valence-electron chi connectivity index (χ0n) is 17.6. The summed E-state index contributed by atoms with van der Waals surface area (Å²) in [7, 11) is -2.61. The summed E-state index contributed by atoms with van der Waals surface area (Å²) in [5.41, 5.74) is 1.05. The molecule has 30 heavy (non-hydrogen) atoms. The molecule has 156 valence electrons. The molecule has 1 aromatic heterocycles. The summed E-state index contributed by atoms with van der Waals surface area (Å²) in [6.45, 7) is 5.89. The highest BCUT2D eigenvalue weighted by Crippen LogP contribution is 2.26. The number of rotatable bonds is 4. The summed E-state index contributed by atoms with van der Waals surface area (Å²) in [6.07, 6.45) is 1.14. The molecule has 3 unspecified atom stereocenters. The number of nitrogens with zero attached hydrogens (tertiary/aromatic N) is 2. The molecular weight excluding hydrogens is 392 g/mol. The van der Waals surface area contributed by atoms with Gasteiger partial charge < -0.3 is 4.90 Å². The van der Waals surface area contributed by atoms with Crippen LogP contribution in [-0.2, 0) is 15.3 Å². The molecule has 0 spiro atoms. The Hall–Kier alpha value is -2.66. The van der Waals surface area contributed by atoms with Crippen molar-refractivity contribution in [3.63, 3.8) is 0 Å². The second-order valence-electron chi connectivity index (χ2n) is 8.60. The Bertz CT molecular complexity index is 1170. The molecule has 4 rings (SSSR count). The van der Waals surface area contributed by atoms with Crippen molar-refractivity contribution in [3.05, 3.63) is 72.1 Å². The van der Waals surface area contributed by atoms with Gasteiger partial charge in [-0.1, -0.05) is 56.3 Å². The molecule has 3 atom stereocenters. The lowest BCUT2D eigenvalue weighted by Crippen LogP contribution is -2.42. The number of carbonyl (C=O) groups is 1. The van der Waals surface area contributed by atoms with Crippen LogP contribution in [0.15, 0.2) is 65.6 Å². The van der Waals surface area contributed by atoms with Crippen molar-refractivity contribution in [1.82, 2.24) is 9.88 Å². The molecule has 0 saturated carbocycles. The number of benzene rings is 2. The van der Waals surface area contributed by atoms with Gasteiger partial charge in [-0.25, -0.2) is 4.98 Å². The minimum absolute atomic E-state index is 0.0454. The molecule has 3 aromatic rings. The number of amides is 1. The summed E-state index contributed by atoms with van der Waals surface area (Å²) in [6, 6.07) is 19.1. The lowest BCUT2D eigenvalue weighted by atomic mass is 9.92. The minimum Gasteiger partial charge on any atom is -0.337 e. The second-order valence-corrected chi connectivity index (χ2v) is 11.0. The molecular formula is C25H28N2O2S. The quantitative estimate of drug-likeness (QED) is 0.578. The highest BCUT2D eigenvalue weighted by atomic mass is 32.2. The Morgan fingerprint density at radius 1 is 1.03 bits per heavy atom. The van der Waals surface area contributed by atoms with Crippen molar-refractivity contribution in [2.24, 2.45) is 11.8 Å². The number of hydrogen-bond acceptors (Lipinski definition) is 3. The van der Waals surface area contributed by atoms with Crippen LogP contribution in [0.3, 0.4) is 0 Å². The number of aromatic nitrogens is 1. The summed E-state index contributed by atoms with van der Waals surface area (Å²) in [5, 5.41) is 1.99. The molecule has 1 amide bonds. The number of hydrogen-bond donors (Lipinski definition) is 0. The molecule has 1 saturated heterocycles. The van der Waals surface area contributed by atoms with E-state index in [4.69, 9.17) is 0 Å².